The molecule has 1 aliphatic heterocycles. The fourth-order valence-electron chi connectivity index (χ4n) is 3.75. The molecule has 7 nitrogen and oxygen atoms in total. The van der Waals surface area contributed by atoms with Gasteiger partial charge in [-0.3, -0.25) is 9.59 Å². The summed E-state index contributed by atoms with van der Waals surface area (Å²) in [5.74, 6) is -0.397. The number of carbonyl (C=O) groups excluding carboxylic acids is 2. The van der Waals surface area contributed by atoms with Crippen LogP contribution in [0, 0.1) is 5.92 Å². The van der Waals surface area contributed by atoms with Crippen LogP contribution in [0.25, 0.3) is 5.69 Å². The zero-order valence-corrected chi connectivity index (χ0v) is 17.5. The van der Waals surface area contributed by atoms with Crippen molar-refractivity contribution in [2.75, 3.05) is 13.2 Å². The predicted octanol–water partition coefficient (Wildman–Crippen LogP) is 3.02. The third-order valence-corrected chi connectivity index (χ3v) is 5.40. The quantitative estimate of drug-likeness (QED) is 0.618. The molecule has 7 heteroatoms. The van der Waals surface area contributed by atoms with Crippen LogP contribution in [-0.4, -0.2) is 34.7 Å². The smallest absolute Gasteiger partial charge is 0.251 e. The van der Waals surface area contributed by atoms with Gasteiger partial charge in [0.2, 0.25) is 5.91 Å². The summed E-state index contributed by atoms with van der Waals surface area (Å²) in [6, 6.07) is 17.1. The maximum Gasteiger partial charge on any atom is 0.251 e. The molecule has 1 aromatic heterocycles. The Morgan fingerprint density at radius 2 is 1.87 bits per heavy atom. The van der Waals surface area contributed by atoms with Crippen LogP contribution in [0.1, 0.15) is 40.9 Å². The number of carbonyl (C=O) groups is 2. The lowest BCUT2D eigenvalue weighted by molar-refractivity contribution is -0.126. The second-order valence-corrected chi connectivity index (χ2v) is 7.51. The molecule has 4 rings (SSSR count). The molecule has 1 aliphatic rings. The van der Waals surface area contributed by atoms with Gasteiger partial charge in [-0.05, 0) is 43.2 Å². The van der Waals surface area contributed by atoms with Crippen molar-refractivity contribution in [2.45, 2.75) is 26.0 Å². The molecule has 2 heterocycles. The van der Waals surface area contributed by atoms with E-state index >= 15 is 0 Å². The highest BCUT2D eigenvalue weighted by Crippen LogP contribution is 2.34. The molecule has 0 radical (unpaired) electrons. The number of ether oxygens (including phenoxy) is 1. The first-order valence-corrected chi connectivity index (χ1v) is 10.5. The number of aromatic nitrogens is 2. The van der Waals surface area contributed by atoms with Crippen molar-refractivity contribution < 1.29 is 14.3 Å². The Labute approximate surface area is 181 Å². The van der Waals surface area contributed by atoms with Crippen molar-refractivity contribution in [2.24, 2.45) is 5.92 Å². The van der Waals surface area contributed by atoms with Gasteiger partial charge in [0.1, 0.15) is 0 Å². The lowest BCUT2D eigenvalue weighted by Crippen LogP contribution is -2.31. The van der Waals surface area contributed by atoms with E-state index in [9.17, 15) is 9.59 Å². The third kappa shape index (κ3) is 4.83. The van der Waals surface area contributed by atoms with E-state index in [4.69, 9.17) is 4.74 Å². The van der Waals surface area contributed by atoms with E-state index in [1.807, 2.05) is 55.6 Å². The number of hydrogen-bond donors (Lipinski definition) is 2. The van der Waals surface area contributed by atoms with Gasteiger partial charge >= 0.3 is 0 Å². The summed E-state index contributed by atoms with van der Waals surface area (Å²) < 4.78 is 7.67. The molecule has 2 amide bonds. The maximum atomic E-state index is 12.9. The first kappa shape index (κ1) is 20.8. The molecular weight excluding hydrogens is 392 g/mol. The second kappa shape index (κ2) is 9.57. The third-order valence-electron chi connectivity index (χ3n) is 5.40. The summed E-state index contributed by atoms with van der Waals surface area (Å²) in [6.07, 6.45) is 4.05. The first-order chi connectivity index (χ1) is 15.2. The van der Waals surface area contributed by atoms with Crippen LogP contribution in [0.5, 0.6) is 0 Å². The minimum Gasteiger partial charge on any atom is -0.373 e. The Kier molecular flexibility index (Phi) is 6.43. The van der Waals surface area contributed by atoms with Crippen LogP contribution in [0.3, 0.4) is 0 Å². The first-order valence-electron chi connectivity index (χ1n) is 10.5. The molecular formula is C24H26N4O3. The standard InChI is InChI=1S/C24H26N4O3/c1-2-25-23(29)18-10-8-17(9-11-18)14-26-24(30)21-12-13-31-22(21)19-15-27-28(16-19)20-6-4-3-5-7-20/h3-11,15-16,21-22H,2,12-14H2,1H3,(H,25,29)(H,26,30)/t21-,22+/m0/s1. The van der Waals surface area contributed by atoms with Crippen LogP contribution in [-0.2, 0) is 16.1 Å². The summed E-state index contributed by atoms with van der Waals surface area (Å²) in [7, 11) is 0. The Morgan fingerprint density at radius 3 is 2.61 bits per heavy atom. The summed E-state index contributed by atoms with van der Waals surface area (Å²) in [6.45, 7) is 3.42. The van der Waals surface area contributed by atoms with Gasteiger partial charge in [0, 0.05) is 37.0 Å². The number of para-hydroxylation sites is 1. The van der Waals surface area contributed by atoms with Gasteiger partial charge in [0.05, 0.1) is 23.9 Å². The molecule has 0 bridgehead atoms. The highest BCUT2D eigenvalue weighted by atomic mass is 16.5. The molecule has 2 N–H and O–H groups in total. The number of amides is 2. The molecule has 0 unspecified atom stereocenters. The van der Waals surface area contributed by atoms with Gasteiger partial charge in [-0.25, -0.2) is 4.68 Å². The lowest BCUT2D eigenvalue weighted by atomic mass is 9.96. The normalized spacial score (nSPS) is 18.0. The molecule has 2 atom stereocenters. The highest BCUT2D eigenvalue weighted by Gasteiger charge is 2.36. The summed E-state index contributed by atoms with van der Waals surface area (Å²) in [4.78, 5) is 24.7. The molecule has 0 saturated carbocycles. The van der Waals surface area contributed by atoms with Crippen LogP contribution >= 0.6 is 0 Å². The molecule has 1 saturated heterocycles. The average Bonchev–Trinajstić information content (AvgIpc) is 3.48. The van der Waals surface area contributed by atoms with E-state index in [1.165, 1.54) is 0 Å². The predicted molar refractivity (Wildman–Crippen MR) is 117 cm³/mol. The zero-order chi connectivity index (χ0) is 21.6. The van der Waals surface area contributed by atoms with Crippen LogP contribution in [0.15, 0.2) is 67.0 Å². The lowest BCUT2D eigenvalue weighted by Gasteiger charge is -2.17. The Morgan fingerprint density at radius 1 is 1.10 bits per heavy atom. The van der Waals surface area contributed by atoms with Gasteiger partial charge in [-0.1, -0.05) is 30.3 Å². The van der Waals surface area contributed by atoms with E-state index < -0.39 is 0 Å². The van der Waals surface area contributed by atoms with Crippen molar-refractivity contribution in [3.63, 3.8) is 0 Å². The SMILES string of the molecule is CCNC(=O)c1ccc(CNC(=O)[C@H]2CCO[C@@H]2c2cnn(-c3ccccc3)c2)cc1. The topological polar surface area (TPSA) is 85.2 Å². The van der Waals surface area contributed by atoms with Crippen molar-refractivity contribution in [3.8, 4) is 5.69 Å². The van der Waals surface area contributed by atoms with E-state index in [1.54, 1.807) is 23.0 Å². The zero-order valence-electron chi connectivity index (χ0n) is 17.5. The minimum absolute atomic E-state index is 0.0391. The molecule has 1 fully saturated rings. The van der Waals surface area contributed by atoms with Crippen LogP contribution in [0.2, 0.25) is 0 Å². The molecule has 31 heavy (non-hydrogen) atoms. The van der Waals surface area contributed by atoms with E-state index in [2.05, 4.69) is 15.7 Å². The number of nitrogens with one attached hydrogen (secondary N) is 2. The van der Waals surface area contributed by atoms with Crippen LogP contribution in [0.4, 0.5) is 0 Å². The summed E-state index contributed by atoms with van der Waals surface area (Å²) >= 11 is 0. The fraction of sp³-hybridized carbons (Fsp3) is 0.292. The number of rotatable bonds is 7. The molecule has 0 spiro atoms. The highest BCUT2D eigenvalue weighted by molar-refractivity contribution is 5.94. The van der Waals surface area contributed by atoms with E-state index in [0.29, 0.717) is 31.7 Å². The Hall–Kier alpha value is -3.45. The largest absolute Gasteiger partial charge is 0.373 e. The fourth-order valence-corrected chi connectivity index (χ4v) is 3.75. The van der Waals surface area contributed by atoms with Gasteiger partial charge in [0.25, 0.3) is 5.91 Å². The monoisotopic (exact) mass is 418 g/mol. The molecule has 2 aromatic carbocycles. The van der Waals surface area contributed by atoms with Gasteiger partial charge in [-0.2, -0.15) is 5.10 Å². The molecule has 160 valence electrons. The van der Waals surface area contributed by atoms with Crippen LogP contribution < -0.4 is 10.6 Å². The molecule has 0 aliphatic carbocycles. The summed E-state index contributed by atoms with van der Waals surface area (Å²) in [5, 5.41) is 10.2. The van der Waals surface area contributed by atoms with Crippen molar-refractivity contribution in [1.29, 1.82) is 0 Å². The van der Waals surface area contributed by atoms with Crippen molar-refractivity contribution in [1.82, 2.24) is 20.4 Å². The summed E-state index contributed by atoms with van der Waals surface area (Å²) in [5.41, 5.74) is 3.40. The van der Waals surface area contributed by atoms with E-state index in [0.717, 1.165) is 16.8 Å². The number of nitrogens with zero attached hydrogens (tertiary/aromatic N) is 2. The minimum atomic E-state index is -0.308. The Bertz CT molecular complexity index is 1030. The average molecular weight is 418 g/mol. The second-order valence-electron chi connectivity index (χ2n) is 7.51. The van der Waals surface area contributed by atoms with Gasteiger partial charge in [0.15, 0.2) is 0 Å². The van der Waals surface area contributed by atoms with Crippen molar-refractivity contribution >= 4 is 11.8 Å². The van der Waals surface area contributed by atoms with Gasteiger partial charge < -0.3 is 15.4 Å². The Balaban J connectivity index is 1.37. The van der Waals surface area contributed by atoms with Crippen molar-refractivity contribution in [3.05, 3.63) is 83.7 Å². The number of benzene rings is 2. The van der Waals surface area contributed by atoms with E-state index in [-0.39, 0.29) is 23.8 Å². The van der Waals surface area contributed by atoms with Gasteiger partial charge in [-0.15, -0.1) is 0 Å². The maximum absolute atomic E-state index is 12.9. The molecule has 3 aromatic rings. The number of hydrogen-bond acceptors (Lipinski definition) is 4.